The Bertz CT molecular complexity index is 1120. The van der Waals surface area contributed by atoms with Crippen LogP contribution in [0.3, 0.4) is 0 Å². The van der Waals surface area contributed by atoms with Crippen molar-refractivity contribution < 1.29 is 4.74 Å². The lowest BCUT2D eigenvalue weighted by atomic mass is 10.0. The summed E-state index contributed by atoms with van der Waals surface area (Å²) >= 11 is 0. The SMILES string of the molecule is CCCCCCCOc1ccc2cc(-c3ccc4cc(C)ccc4n3)ccc2c1. The molecule has 0 fully saturated rings. The number of aryl methyl sites for hydroxylation is 1. The quantitative estimate of drug-likeness (QED) is 0.291. The monoisotopic (exact) mass is 383 g/mol. The highest BCUT2D eigenvalue weighted by molar-refractivity contribution is 5.89. The third kappa shape index (κ3) is 4.76. The van der Waals surface area contributed by atoms with Gasteiger partial charge >= 0.3 is 0 Å². The average Bonchev–Trinajstić information content (AvgIpc) is 2.75. The number of ether oxygens (including phenoxy) is 1. The van der Waals surface area contributed by atoms with E-state index in [0.29, 0.717) is 0 Å². The molecule has 2 heteroatoms. The van der Waals surface area contributed by atoms with Crippen LogP contribution in [0.1, 0.15) is 44.6 Å². The van der Waals surface area contributed by atoms with Crippen LogP contribution in [0.25, 0.3) is 32.9 Å². The Hall–Kier alpha value is -2.87. The van der Waals surface area contributed by atoms with Crippen molar-refractivity contribution in [1.29, 1.82) is 0 Å². The minimum Gasteiger partial charge on any atom is -0.494 e. The predicted molar refractivity (Wildman–Crippen MR) is 124 cm³/mol. The van der Waals surface area contributed by atoms with Gasteiger partial charge in [0.05, 0.1) is 17.8 Å². The summed E-state index contributed by atoms with van der Waals surface area (Å²) in [5.41, 5.74) is 4.45. The lowest BCUT2D eigenvalue weighted by Crippen LogP contribution is -1.97. The average molecular weight is 384 g/mol. The topological polar surface area (TPSA) is 22.1 Å². The van der Waals surface area contributed by atoms with Gasteiger partial charge in [0.1, 0.15) is 5.75 Å². The third-order valence-corrected chi connectivity index (χ3v) is 5.47. The maximum absolute atomic E-state index is 5.95. The largest absolute Gasteiger partial charge is 0.494 e. The number of nitrogens with zero attached hydrogens (tertiary/aromatic N) is 1. The highest BCUT2D eigenvalue weighted by atomic mass is 16.5. The number of rotatable bonds is 8. The van der Waals surface area contributed by atoms with Crippen LogP contribution in [0.2, 0.25) is 0 Å². The lowest BCUT2D eigenvalue weighted by molar-refractivity contribution is 0.305. The molecule has 4 aromatic rings. The van der Waals surface area contributed by atoms with E-state index in [2.05, 4.69) is 80.6 Å². The zero-order valence-electron chi connectivity index (χ0n) is 17.4. The summed E-state index contributed by atoms with van der Waals surface area (Å²) in [6.07, 6.45) is 6.29. The first-order chi connectivity index (χ1) is 14.2. The first-order valence-corrected chi connectivity index (χ1v) is 10.8. The molecule has 1 heterocycles. The van der Waals surface area contributed by atoms with Crippen LogP contribution >= 0.6 is 0 Å². The summed E-state index contributed by atoms with van der Waals surface area (Å²) in [5, 5.41) is 3.60. The van der Waals surface area contributed by atoms with Gasteiger partial charge in [-0.15, -0.1) is 0 Å². The van der Waals surface area contributed by atoms with Crippen LogP contribution in [0.15, 0.2) is 66.7 Å². The van der Waals surface area contributed by atoms with E-state index in [4.69, 9.17) is 9.72 Å². The molecule has 4 rings (SSSR count). The van der Waals surface area contributed by atoms with E-state index in [1.807, 2.05) is 0 Å². The van der Waals surface area contributed by atoms with Gasteiger partial charge < -0.3 is 4.74 Å². The molecule has 1 aromatic heterocycles. The minimum atomic E-state index is 0.799. The van der Waals surface area contributed by atoms with E-state index < -0.39 is 0 Å². The molecule has 0 aliphatic rings. The molecule has 0 spiro atoms. The molecule has 148 valence electrons. The van der Waals surface area contributed by atoms with Crippen molar-refractivity contribution in [3.05, 3.63) is 72.3 Å². The normalized spacial score (nSPS) is 11.2. The van der Waals surface area contributed by atoms with E-state index >= 15 is 0 Å². The van der Waals surface area contributed by atoms with Crippen LogP contribution in [-0.2, 0) is 0 Å². The van der Waals surface area contributed by atoms with Gasteiger partial charge in [0, 0.05) is 10.9 Å². The maximum Gasteiger partial charge on any atom is 0.119 e. The summed E-state index contributed by atoms with van der Waals surface area (Å²) in [7, 11) is 0. The molecule has 3 aromatic carbocycles. The Morgan fingerprint density at radius 1 is 0.724 bits per heavy atom. The number of unbranched alkanes of at least 4 members (excludes halogenated alkanes) is 4. The number of aromatic nitrogens is 1. The van der Waals surface area contributed by atoms with Crippen LogP contribution < -0.4 is 4.74 Å². The third-order valence-electron chi connectivity index (χ3n) is 5.47. The fourth-order valence-electron chi connectivity index (χ4n) is 3.77. The maximum atomic E-state index is 5.95. The summed E-state index contributed by atoms with van der Waals surface area (Å²) in [4.78, 5) is 4.86. The Kier molecular flexibility index (Phi) is 6.09. The van der Waals surface area contributed by atoms with E-state index in [9.17, 15) is 0 Å². The van der Waals surface area contributed by atoms with Gasteiger partial charge in [0.15, 0.2) is 0 Å². The molecule has 0 aliphatic heterocycles. The highest BCUT2D eigenvalue weighted by Crippen LogP contribution is 2.27. The van der Waals surface area contributed by atoms with Gasteiger partial charge in [-0.2, -0.15) is 0 Å². The lowest BCUT2D eigenvalue weighted by Gasteiger charge is -2.09. The van der Waals surface area contributed by atoms with Gasteiger partial charge in [-0.1, -0.05) is 68.5 Å². The van der Waals surface area contributed by atoms with E-state index in [1.165, 1.54) is 47.4 Å². The zero-order valence-corrected chi connectivity index (χ0v) is 17.4. The van der Waals surface area contributed by atoms with Gasteiger partial charge in [-0.05, 0) is 60.5 Å². The second-order valence-electron chi connectivity index (χ2n) is 7.88. The van der Waals surface area contributed by atoms with Crippen LogP contribution in [0.4, 0.5) is 0 Å². The van der Waals surface area contributed by atoms with Crippen LogP contribution in [0.5, 0.6) is 5.75 Å². The highest BCUT2D eigenvalue weighted by Gasteiger charge is 2.05. The fraction of sp³-hybridized carbons (Fsp3) is 0.296. The van der Waals surface area contributed by atoms with Gasteiger partial charge in [0.25, 0.3) is 0 Å². The fourth-order valence-corrected chi connectivity index (χ4v) is 3.77. The molecule has 0 saturated carbocycles. The second kappa shape index (κ2) is 9.09. The molecular weight excluding hydrogens is 354 g/mol. The van der Waals surface area contributed by atoms with Gasteiger partial charge in [-0.25, -0.2) is 4.98 Å². The molecule has 0 N–H and O–H groups in total. The number of benzene rings is 3. The van der Waals surface area contributed by atoms with Crippen molar-refractivity contribution >= 4 is 21.7 Å². The molecule has 2 nitrogen and oxygen atoms in total. The van der Waals surface area contributed by atoms with E-state index in [-0.39, 0.29) is 0 Å². The standard InChI is InChI=1S/C27H29NO/c1-3-4-5-6-7-16-29-25-13-11-21-18-24(10-9-22(21)19-25)27-15-12-23-17-20(2)8-14-26(23)28-27/h8-15,17-19H,3-7,16H2,1-2H3. The van der Waals surface area contributed by atoms with E-state index in [0.717, 1.165) is 35.6 Å². The molecule has 0 radical (unpaired) electrons. The van der Waals surface area contributed by atoms with Gasteiger partial charge in [-0.3, -0.25) is 0 Å². The Balaban J connectivity index is 1.49. The smallest absolute Gasteiger partial charge is 0.119 e. The number of pyridine rings is 1. The van der Waals surface area contributed by atoms with Crippen LogP contribution in [-0.4, -0.2) is 11.6 Å². The Labute approximate surface area is 173 Å². The van der Waals surface area contributed by atoms with Gasteiger partial charge in [0.2, 0.25) is 0 Å². The second-order valence-corrected chi connectivity index (χ2v) is 7.88. The molecule has 0 saturated heterocycles. The minimum absolute atomic E-state index is 0.799. The number of fused-ring (bicyclic) bond motifs is 2. The summed E-state index contributed by atoms with van der Waals surface area (Å²) < 4.78 is 5.95. The summed E-state index contributed by atoms with van der Waals surface area (Å²) in [6, 6.07) is 23.6. The first kappa shape index (κ1) is 19.4. The molecular formula is C27H29NO. The molecule has 0 aliphatic carbocycles. The Morgan fingerprint density at radius 2 is 1.52 bits per heavy atom. The molecule has 29 heavy (non-hydrogen) atoms. The number of hydrogen-bond acceptors (Lipinski definition) is 2. The predicted octanol–water partition coefficient (Wildman–Crippen LogP) is 7.71. The van der Waals surface area contributed by atoms with Crippen molar-refractivity contribution in [3.8, 4) is 17.0 Å². The Morgan fingerprint density at radius 3 is 2.41 bits per heavy atom. The molecule has 0 unspecified atom stereocenters. The van der Waals surface area contributed by atoms with E-state index in [1.54, 1.807) is 0 Å². The van der Waals surface area contributed by atoms with Crippen molar-refractivity contribution in [2.24, 2.45) is 0 Å². The molecule has 0 bridgehead atoms. The van der Waals surface area contributed by atoms with Crippen molar-refractivity contribution in [3.63, 3.8) is 0 Å². The van der Waals surface area contributed by atoms with Crippen molar-refractivity contribution in [2.75, 3.05) is 6.61 Å². The zero-order chi connectivity index (χ0) is 20.1. The first-order valence-electron chi connectivity index (χ1n) is 10.8. The molecule has 0 atom stereocenters. The van der Waals surface area contributed by atoms with Crippen molar-refractivity contribution in [2.45, 2.75) is 46.0 Å². The summed E-state index contributed by atoms with van der Waals surface area (Å²) in [5.74, 6) is 0.958. The molecule has 0 amide bonds. The van der Waals surface area contributed by atoms with Crippen LogP contribution in [0, 0.1) is 6.92 Å². The number of hydrogen-bond donors (Lipinski definition) is 0. The summed E-state index contributed by atoms with van der Waals surface area (Å²) in [6.45, 7) is 5.16. The van der Waals surface area contributed by atoms with Crippen molar-refractivity contribution in [1.82, 2.24) is 4.98 Å².